The van der Waals surface area contributed by atoms with Crippen LogP contribution in [0.4, 0.5) is 11.4 Å². The van der Waals surface area contributed by atoms with Gasteiger partial charge in [-0.1, -0.05) is 6.07 Å². The molecule has 1 fully saturated rings. The summed E-state index contributed by atoms with van der Waals surface area (Å²) in [5, 5.41) is 14.3. The lowest BCUT2D eigenvalue weighted by Gasteiger charge is -2.23. The van der Waals surface area contributed by atoms with Gasteiger partial charge in [0.2, 0.25) is 0 Å². The summed E-state index contributed by atoms with van der Waals surface area (Å²) in [6, 6.07) is 4.50. The maximum atomic E-state index is 11.7. The minimum atomic E-state index is -3.63. The fraction of sp³-hybridized carbons (Fsp3) is 0.500. The van der Waals surface area contributed by atoms with Crippen LogP contribution in [-0.4, -0.2) is 37.1 Å². The maximum absolute atomic E-state index is 11.7. The smallest absolute Gasteiger partial charge is 0.310 e. The Morgan fingerprint density at radius 3 is 2.75 bits per heavy atom. The number of benzene rings is 1. The Bertz CT molecular complexity index is 610. The summed E-state index contributed by atoms with van der Waals surface area (Å²) in [7, 11) is -3.63. The molecule has 1 saturated heterocycles. The Labute approximate surface area is 122 Å². The molecular weight excluding hydrogens is 300 g/mol. The lowest BCUT2D eigenvalue weighted by atomic mass is 10.1. The van der Waals surface area contributed by atoms with Crippen LogP contribution in [0.25, 0.3) is 0 Å². The number of hydrogen-bond acceptors (Lipinski definition) is 6. The summed E-state index contributed by atoms with van der Waals surface area (Å²) < 4.78 is 23.3. The van der Waals surface area contributed by atoms with Gasteiger partial charge < -0.3 is 5.32 Å². The third kappa shape index (κ3) is 3.43. The fourth-order valence-corrected chi connectivity index (χ4v) is 4.13. The van der Waals surface area contributed by atoms with E-state index in [1.165, 1.54) is 12.1 Å². The molecule has 0 bridgehead atoms. The number of thioether (sulfide) groups is 1. The van der Waals surface area contributed by atoms with E-state index in [-0.39, 0.29) is 22.3 Å². The number of sulfone groups is 1. The van der Waals surface area contributed by atoms with Gasteiger partial charge in [-0.15, -0.1) is 0 Å². The van der Waals surface area contributed by atoms with Gasteiger partial charge >= 0.3 is 5.69 Å². The average Bonchev–Trinajstić information content (AvgIpc) is 2.38. The van der Waals surface area contributed by atoms with Crippen molar-refractivity contribution in [3.8, 4) is 0 Å². The van der Waals surface area contributed by atoms with Crippen LogP contribution < -0.4 is 5.32 Å². The van der Waals surface area contributed by atoms with Gasteiger partial charge in [0.25, 0.3) is 0 Å². The molecule has 1 N–H and O–H groups in total. The Hall–Kier alpha value is -1.28. The van der Waals surface area contributed by atoms with Crippen LogP contribution >= 0.6 is 11.8 Å². The van der Waals surface area contributed by atoms with E-state index in [9.17, 15) is 18.5 Å². The van der Waals surface area contributed by atoms with E-state index in [0.29, 0.717) is 0 Å². The molecule has 0 aromatic heterocycles. The molecule has 1 unspecified atom stereocenters. The summed E-state index contributed by atoms with van der Waals surface area (Å²) in [6.07, 6.45) is 2.98. The molecule has 1 heterocycles. The second kappa shape index (κ2) is 6.01. The van der Waals surface area contributed by atoms with E-state index in [2.05, 4.69) is 5.32 Å². The van der Waals surface area contributed by atoms with Gasteiger partial charge in [0.15, 0.2) is 9.84 Å². The monoisotopic (exact) mass is 316 g/mol. The van der Waals surface area contributed by atoms with Crippen molar-refractivity contribution < 1.29 is 13.3 Å². The van der Waals surface area contributed by atoms with Crippen LogP contribution in [0.3, 0.4) is 0 Å². The fourth-order valence-electron chi connectivity index (χ4n) is 2.20. The number of hydrogen-bond donors (Lipinski definition) is 1. The molecule has 1 aromatic rings. The Balaban J connectivity index is 2.39. The van der Waals surface area contributed by atoms with Crippen LogP contribution in [0, 0.1) is 10.1 Å². The van der Waals surface area contributed by atoms with Gasteiger partial charge in [-0.25, -0.2) is 8.42 Å². The van der Waals surface area contributed by atoms with Crippen LogP contribution in [0.2, 0.25) is 0 Å². The first-order valence-electron chi connectivity index (χ1n) is 6.21. The Kier molecular flexibility index (Phi) is 4.54. The van der Waals surface area contributed by atoms with E-state index in [4.69, 9.17) is 0 Å². The van der Waals surface area contributed by atoms with Gasteiger partial charge in [-0.2, -0.15) is 11.8 Å². The first-order chi connectivity index (χ1) is 9.39. The number of nitrogens with one attached hydrogen (secondary N) is 1. The number of nitrogens with zero attached hydrogens (tertiary/aromatic N) is 1. The van der Waals surface area contributed by atoms with E-state index < -0.39 is 14.8 Å². The first-order valence-corrected chi connectivity index (χ1v) is 9.26. The second-order valence-electron chi connectivity index (χ2n) is 4.74. The first kappa shape index (κ1) is 15.1. The van der Waals surface area contributed by atoms with E-state index in [0.717, 1.165) is 30.6 Å². The summed E-state index contributed by atoms with van der Waals surface area (Å²) in [5.74, 6) is 1.98. The molecule has 0 saturated carbocycles. The third-order valence-corrected chi connectivity index (χ3v) is 5.44. The molecule has 1 aliphatic heterocycles. The van der Waals surface area contributed by atoms with Crippen molar-refractivity contribution in [2.45, 2.75) is 23.8 Å². The lowest BCUT2D eigenvalue weighted by Crippen LogP contribution is -2.26. The van der Waals surface area contributed by atoms with Crippen molar-refractivity contribution in [3.63, 3.8) is 0 Å². The van der Waals surface area contributed by atoms with Crippen LogP contribution in [-0.2, 0) is 9.84 Å². The highest BCUT2D eigenvalue weighted by Crippen LogP contribution is 2.33. The standard InChI is InChI=1S/C12H16N2O4S2/c1-20(17,18)11-6-2-5-10(12(11)14(15)16)13-9-4-3-7-19-8-9/h2,5-6,9,13H,3-4,7-8H2,1H3. The normalized spacial score (nSPS) is 19.6. The molecular formula is C12H16N2O4S2. The summed E-state index contributed by atoms with van der Waals surface area (Å²) in [4.78, 5) is 10.4. The topological polar surface area (TPSA) is 89.3 Å². The van der Waals surface area contributed by atoms with Gasteiger partial charge in [0.1, 0.15) is 10.6 Å². The third-order valence-electron chi connectivity index (χ3n) is 3.10. The van der Waals surface area contributed by atoms with Gasteiger partial charge in [-0.3, -0.25) is 10.1 Å². The van der Waals surface area contributed by atoms with Gasteiger partial charge in [0, 0.05) is 18.1 Å². The molecule has 0 spiro atoms. The molecule has 110 valence electrons. The quantitative estimate of drug-likeness (QED) is 0.677. The zero-order valence-corrected chi connectivity index (χ0v) is 12.7. The minimum Gasteiger partial charge on any atom is -0.376 e. The molecule has 1 atom stereocenters. The highest BCUT2D eigenvalue weighted by atomic mass is 32.2. The van der Waals surface area contributed by atoms with Gasteiger partial charge in [-0.05, 0) is 30.7 Å². The number of nitro benzene ring substituents is 1. The van der Waals surface area contributed by atoms with E-state index >= 15 is 0 Å². The molecule has 0 amide bonds. The maximum Gasteiger partial charge on any atom is 0.310 e. The molecule has 8 heteroatoms. The van der Waals surface area contributed by atoms with Crippen LogP contribution in [0.15, 0.2) is 23.1 Å². The summed E-state index contributed by atoms with van der Waals surface area (Å²) in [6.45, 7) is 0. The lowest BCUT2D eigenvalue weighted by molar-refractivity contribution is -0.386. The number of para-hydroxylation sites is 1. The van der Waals surface area contributed by atoms with Crippen LogP contribution in [0.5, 0.6) is 0 Å². The largest absolute Gasteiger partial charge is 0.376 e. The van der Waals surface area contributed by atoms with Crippen molar-refractivity contribution in [2.24, 2.45) is 0 Å². The van der Waals surface area contributed by atoms with Crippen molar-refractivity contribution in [3.05, 3.63) is 28.3 Å². The highest BCUT2D eigenvalue weighted by Gasteiger charge is 2.27. The van der Waals surface area contributed by atoms with E-state index in [1.807, 2.05) is 0 Å². The SMILES string of the molecule is CS(=O)(=O)c1cccc(NC2CCCSC2)c1[N+](=O)[O-]. The molecule has 1 aromatic carbocycles. The number of nitro groups is 1. The average molecular weight is 316 g/mol. The molecule has 20 heavy (non-hydrogen) atoms. The molecule has 6 nitrogen and oxygen atoms in total. The molecule has 0 aliphatic carbocycles. The zero-order chi connectivity index (χ0) is 14.8. The second-order valence-corrected chi connectivity index (χ2v) is 7.87. The van der Waals surface area contributed by atoms with Crippen molar-refractivity contribution >= 4 is 33.0 Å². The van der Waals surface area contributed by atoms with Crippen molar-refractivity contribution in [1.29, 1.82) is 0 Å². The summed E-state index contributed by atoms with van der Waals surface area (Å²) >= 11 is 1.80. The number of anilines is 1. The molecule has 0 radical (unpaired) electrons. The van der Waals surface area contributed by atoms with E-state index in [1.54, 1.807) is 17.8 Å². The van der Waals surface area contributed by atoms with Gasteiger partial charge in [0.05, 0.1) is 4.92 Å². The van der Waals surface area contributed by atoms with Crippen molar-refractivity contribution in [1.82, 2.24) is 0 Å². The predicted octanol–water partition coefficient (Wildman–Crippen LogP) is 2.31. The Morgan fingerprint density at radius 2 is 2.20 bits per heavy atom. The van der Waals surface area contributed by atoms with Crippen LogP contribution in [0.1, 0.15) is 12.8 Å². The Morgan fingerprint density at radius 1 is 1.45 bits per heavy atom. The molecule has 2 rings (SSSR count). The predicted molar refractivity (Wildman–Crippen MR) is 80.2 cm³/mol. The highest BCUT2D eigenvalue weighted by molar-refractivity contribution is 7.99. The van der Waals surface area contributed by atoms with Crippen molar-refractivity contribution in [2.75, 3.05) is 23.1 Å². The zero-order valence-electron chi connectivity index (χ0n) is 11.0. The summed E-state index contributed by atoms with van der Waals surface area (Å²) in [5.41, 5.74) is -0.0731. The molecule has 1 aliphatic rings. The number of rotatable bonds is 4. The minimum absolute atomic E-state index is 0.141.